The highest BCUT2D eigenvalue weighted by Crippen LogP contribution is 2.24. The number of hydrogen-bond acceptors (Lipinski definition) is 5. The molecule has 0 saturated carbocycles. The fourth-order valence-electron chi connectivity index (χ4n) is 3.68. The summed E-state index contributed by atoms with van der Waals surface area (Å²) in [6.45, 7) is 8.00. The highest BCUT2D eigenvalue weighted by molar-refractivity contribution is 7.89. The van der Waals surface area contributed by atoms with E-state index in [2.05, 4.69) is 28.1 Å². The zero-order valence-corrected chi connectivity index (χ0v) is 18.4. The summed E-state index contributed by atoms with van der Waals surface area (Å²) >= 11 is 0. The number of rotatable bonds is 4. The second-order valence-corrected chi connectivity index (χ2v) is 9.67. The van der Waals surface area contributed by atoms with Crippen LogP contribution in [0, 0.1) is 20.8 Å². The highest BCUT2D eigenvalue weighted by atomic mass is 32.2. The molecule has 1 aliphatic rings. The molecule has 1 fully saturated rings. The molecule has 2 heterocycles. The topological polar surface area (TPSA) is 66.4 Å². The second-order valence-electron chi connectivity index (χ2n) is 7.73. The molecule has 1 aliphatic heterocycles. The van der Waals surface area contributed by atoms with E-state index in [-0.39, 0.29) is 0 Å². The first-order valence-corrected chi connectivity index (χ1v) is 11.5. The third-order valence-corrected chi connectivity index (χ3v) is 7.64. The van der Waals surface area contributed by atoms with Gasteiger partial charge in [-0.05, 0) is 61.7 Å². The van der Waals surface area contributed by atoms with Gasteiger partial charge in [-0.1, -0.05) is 30.3 Å². The molecule has 1 aromatic heterocycles. The van der Waals surface area contributed by atoms with Gasteiger partial charge in [-0.25, -0.2) is 8.42 Å². The minimum atomic E-state index is -3.48. The van der Waals surface area contributed by atoms with E-state index in [1.54, 1.807) is 16.4 Å². The maximum absolute atomic E-state index is 13.0. The van der Waals surface area contributed by atoms with E-state index in [1.807, 2.05) is 50.2 Å². The zero-order valence-electron chi connectivity index (χ0n) is 17.5. The standard InChI is InChI=1S/C23H26N4O2S/c1-17-8-9-20(16-19(17)3)30(28,29)27-14-12-26(13-15-27)23-11-10-22(24-25-23)21-7-5-4-6-18(21)2/h4-11,16H,12-15H2,1-3H3. The molecule has 0 spiro atoms. The van der Waals surface area contributed by atoms with Crippen molar-refractivity contribution in [2.75, 3.05) is 31.1 Å². The lowest BCUT2D eigenvalue weighted by molar-refractivity contribution is 0.383. The van der Waals surface area contributed by atoms with Crippen molar-refractivity contribution in [1.82, 2.24) is 14.5 Å². The van der Waals surface area contributed by atoms with Crippen molar-refractivity contribution >= 4 is 15.8 Å². The van der Waals surface area contributed by atoms with E-state index >= 15 is 0 Å². The molecular formula is C23H26N4O2S. The summed E-state index contributed by atoms with van der Waals surface area (Å²) in [7, 11) is -3.48. The summed E-state index contributed by atoms with van der Waals surface area (Å²) in [6, 6.07) is 17.3. The van der Waals surface area contributed by atoms with Gasteiger partial charge in [0.15, 0.2) is 5.82 Å². The first kappa shape index (κ1) is 20.5. The Bertz CT molecular complexity index is 1150. The Morgan fingerprint density at radius 3 is 2.13 bits per heavy atom. The van der Waals surface area contributed by atoms with Crippen molar-refractivity contribution in [3.05, 3.63) is 71.3 Å². The van der Waals surface area contributed by atoms with E-state index < -0.39 is 10.0 Å². The molecule has 0 bridgehead atoms. The Hall–Kier alpha value is -2.77. The normalized spacial score (nSPS) is 15.4. The average molecular weight is 423 g/mol. The molecule has 30 heavy (non-hydrogen) atoms. The summed E-state index contributed by atoms with van der Waals surface area (Å²) in [6.07, 6.45) is 0. The molecule has 1 saturated heterocycles. The van der Waals surface area contributed by atoms with Gasteiger partial charge in [-0.3, -0.25) is 0 Å². The van der Waals surface area contributed by atoms with Crippen LogP contribution in [0.25, 0.3) is 11.3 Å². The van der Waals surface area contributed by atoms with E-state index in [0.717, 1.165) is 33.8 Å². The lowest BCUT2D eigenvalue weighted by Gasteiger charge is -2.34. The lowest BCUT2D eigenvalue weighted by atomic mass is 10.1. The molecule has 0 aliphatic carbocycles. The predicted molar refractivity (Wildman–Crippen MR) is 119 cm³/mol. The molecule has 0 N–H and O–H groups in total. The van der Waals surface area contributed by atoms with Gasteiger partial charge in [0.1, 0.15) is 0 Å². The van der Waals surface area contributed by atoms with Crippen LogP contribution in [0.4, 0.5) is 5.82 Å². The van der Waals surface area contributed by atoms with E-state index in [1.165, 1.54) is 0 Å². The molecule has 4 rings (SSSR count). The fourth-order valence-corrected chi connectivity index (χ4v) is 5.19. The molecule has 0 amide bonds. The number of benzene rings is 2. The van der Waals surface area contributed by atoms with Gasteiger partial charge in [0.25, 0.3) is 0 Å². The van der Waals surface area contributed by atoms with Crippen LogP contribution < -0.4 is 4.90 Å². The van der Waals surface area contributed by atoms with Crippen LogP contribution in [0.15, 0.2) is 59.5 Å². The predicted octanol–water partition coefficient (Wildman–Crippen LogP) is 3.58. The molecule has 3 aromatic rings. The van der Waals surface area contributed by atoms with Crippen molar-refractivity contribution in [2.45, 2.75) is 25.7 Å². The maximum atomic E-state index is 13.0. The molecule has 2 aromatic carbocycles. The van der Waals surface area contributed by atoms with E-state index in [4.69, 9.17) is 0 Å². The van der Waals surface area contributed by atoms with Crippen LogP contribution in [-0.2, 0) is 10.0 Å². The van der Waals surface area contributed by atoms with Crippen LogP contribution in [0.2, 0.25) is 0 Å². The number of nitrogens with zero attached hydrogens (tertiary/aromatic N) is 4. The van der Waals surface area contributed by atoms with E-state index in [0.29, 0.717) is 31.1 Å². The Morgan fingerprint density at radius 2 is 1.50 bits per heavy atom. The van der Waals surface area contributed by atoms with Gasteiger partial charge >= 0.3 is 0 Å². The van der Waals surface area contributed by atoms with Crippen molar-refractivity contribution in [1.29, 1.82) is 0 Å². The Labute approximate surface area is 178 Å². The Balaban J connectivity index is 1.45. The number of aromatic nitrogens is 2. The van der Waals surface area contributed by atoms with Crippen LogP contribution >= 0.6 is 0 Å². The molecule has 156 valence electrons. The number of aryl methyl sites for hydroxylation is 3. The minimum Gasteiger partial charge on any atom is -0.352 e. The van der Waals surface area contributed by atoms with Crippen molar-refractivity contribution in [3.63, 3.8) is 0 Å². The summed E-state index contributed by atoms with van der Waals surface area (Å²) in [5.74, 6) is 0.774. The SMILES string of the molecule is Cc1ccc(S(=O)(=O)N2CCN(c3ccc(-c4ccccc4C)nn3)CC2)cc1C. The molecule has 0 atom stereocenters. The van der Waals surface area contributed by atoms with Gasteiger partial charge in [0.05, 0.1) is 10.6 Å². The largest absolute Gasteiger partial charge is 0.352 e. The molecular weight excluding hydrogens is 396 g/mol. The number of anilines is 1. The molecule has 0 unspecified atom stereocenters. The van der Waals surface area contributed by atoms with Crippen LogP contribution in [0.5, 0.6) is 0 Å². The zero-order chi connectivity index (χ0) is 21.3. The fraction of sp³-hybridized carbons (Fsp3) is 0.304. The van der Waals surface area contributed by atoms with Crippen LogP contribution in [-0.4, -0.2) is 49.1 Å². The van der Waals surface area contributed by atoms with Crippen LogP contribution in [0.3, 0.4) is 0 Å². The second kappa shape index (κ2) is 8.16. The van der Waals surface area contributed by atoms with Crippen molar-refractivity contribution in [3.8, 4) is 11.3 Å². The summed E-state index contributed by atoms with van der Waals surface area (Å²) in [5.41, 5.74) is 5.14. The molecule has 7 heteroatoms. The third kappa shape index (κ3) is 3.95. The summed E-state index contributed by atoms with van der Waals surface area (Å²) in [4.78, 5) is 2.45. The summed E-state index contributed by atoms with van der Waals surface area (Å²) < 4.78 is 27.6. The van der Waals surface area contributed by atoms with Gasteiger partial charge in [-0.15, -0.1) is 10.2 Å². The molecule has 0 radical (unpaired) electrons. The van der Waals surface area contributed by atoms with Crippen molar-refractivity contribution in [2.24, 2.45) is 0 Å². The number of sulfonamides is 1. The van der Waals surface area contributed by atoms with Gasteiger partial charge in [0.2, 0.25) is 10.0 Å². The van der Waals surface area contributed by atoms with Crippen LogP contribution in [0.1, 0.15) is 16.7 Å². The first-order chi connectivity index (χ1) is 14.4. The Kier molecular flexibility index (Phi) is 5.58. The highest BCUT2D eigenvalue weighted by Gasteiger charge is 2.29. The first-order valence-electron chi connectivity index (χ1n) is 10.1. The van der Waals surface area contributed by atoms with Gasteiger partial charge in [0, 0.05) is 31.7 Å². The van der Waals surface area contributed by atoms with E-state index in [9.17, 15) is 8.42 Å². The maximum Gasteiger partial charge on any atom is 0.243 e. The summed E-state index contributed by atoms with van der Waals surface area (Å²) in [5, 5.41) is 8.79. The quantitative estimate of drug-likeness (QED) is 0.643. The Morgan fingerprint density at radius 1 is 0.767 bits per heavy atom. The monoisotopic (exact) mass is 422 g/mol. The number of hydrogen-bond donors (Lipinski definition) is 0. The van der Waals surface area contributed by atoms with Gasteiger partial charge in [-0.2, -0.15) is 4.31 Å². The molecule has 6 nitrogen and oxygen atoms in total. The number of piperazine rings is 1. The minimum absolute atomic E-state index is 0.362. The van der Waals surface area contributed by atoms with Crippen molar-refractivity contribution < 1.29 is 8.42 Å². The smallest absolute Gasteiger partial charge is 0.243 e. The average Bonchev–Trinajstić information content (AvgIpc) is 2.76. The third-order valence-electron chi connectivity index (χ3n) is 5.75. The van der Waals surface area contributed by atoms with Gasteiger partial charge < -0.3 is 4.90 Å². The lowest BCUT2D eigenvalue weighted by Crippen LogP contribution is -2.49.